The van der Waals surface area contributed by atoms with Gasteiger partial charge in [0.05, 0.1) is 11.9 Å². The SMILES string of the molecule is Cc1nc2nc(SCC(=O)NC[C@H]3CCCO3)nn2c(C)c1Cc1ccccc1. The predicted molar refractivity (Wildman–Crippen MR) is 112 cm³/mol. The van der Waals surface area contributed by atoms with Crippen molar-refractivity contribution in [1.82, 2.24) is 24.9 Å². The normalized spacial score (nSPS) is 16.4. The van der Waals surface area contributed by atoms with Gasteiger partial charge in [-0.05, 0) is 37.8 Å². The highest BCUT2D eigenvalue weighted by molar-refractivity contribution is 7.99. The van der Waals surface area contributed by atoms with Gasteiger partial charge in [-0.1, -0.05) is 42.1 Å². The van der Waals surface area contributed by atoms with E-state index in [-0.39, 0.29) is 17.8 Å². The summed E-state index contributed by atoms with van der Waals surface area (Å²) in [5.41, 5.74) is 4.37. The van der Waals surface area contributed by atoms with E-state index in [1.54, 1.807) is 4.52 Å². The first-order valence-electron chi connectivity index (χ1n) is 9.88. The largest absolute Gasteiger partial charge is 0.376 e. The molecule has 152 valence electrons. The van der Waals surface area contributed by atoms with Gasteiger partial charge in [-0.2, -0.15) is 4.98 Å². The molecule has 1 amide bonds. The van der Waals surface area contributed by atoms with Crippen molar-refractivity contribution in [2.75, 3.05) is 18.9 Å². The molecule has 3 aromatic rings. The summed E-state index contributed by atoms with van der Waals surface area (Å²) in [7, 11) is 0. The molecule has 0 spiro atoms. The van der Waals surface area contributed by atoms with Crippen LogP contribution in [0.4, 0.5) is 0 Å². The third kappa shape index (κ3) is 4.76. The summed E-state index contributed by atoms with van der Waals surface area (Å²) in [6.45, 7) is 5.40. The minimum Gasteiger partial charge on any atom is -0.376 e. The zero-order valence-corrected chi connectivity index (χ0v) is 17.5. The molecular weight excluding hydrogens is 386 g/mol. The monoisotopic (exact) mass is 411 g/mol. The number of carbonyl (C=O) groups excluding carboxylic acids is 1. The lowest BCUT2D eigenvalue weighted by atomic mass is 10.0. The zero-order chi connectivity index (χ0) is 20.2. The van der Waals surface area contributed by atoms with E-state index in [2.05, 4.69) is 32.5 Å². The number of aryl methyl sites for hydroxylation is 2. The van der Waals surface area contributed by atoms with Crippen LogP contribution in [0.15, 0.2) is 35.5 Å². The van der Waals surface area contributed by atoms with Gasteiger partial charge in [0, 0.05) is 31.0 Å². The van der Waals surface area contributed by atoms with Gasteiger partial charge in [0.1, 0.15) is 0 Å². The molecule has 1 aliphatic heterocycles. The van der Waals surface area contributed by atoms with Crippen molar-refractivity contribution in [3.8, 4) is 0 Å². The quantitative estimate of drug-likeness (QED) is 0.602. The average molecular weight is 412 g/mol. The van der Waals surface area contributed by atoms with Crippen LogP contribution < -0.4 is 5.32 Å². The molecule has 1 saturated heterocycles. The number of amides is 1. The molecular formula is C21H25N5O2S. The number of nitrogens with zero attached hydrogens (tertiary/aromatic N) is 4. The summed E-state index contributed by atoms with van der Waals surface area (Å²) in [4.78, 5) is 21.2. The van der Waals surface area contributed by atoms with Gasteiger partial charge in [-0.3, -0.25) is 4.79 Å². The van der Waals surface area contributed by atoms with Crippen LogP contribution in [0.1, 0.15) is 35.4 Å². The molecule has 2 aromatic heterocycles. The van der Waals surface area contributed by atoms with Crippen molar-refractivity contribution in [2.24, 2.45) is 0 Å². The van der Waals surface area contributed by atoms with Gasteiger partial charge in [-0.25, -0.2) is 9.50 Å². The Morgan fingerprint density at radius 1 is 1.28 bits per heavy atom. The molecule has 0 aliphatic carbocycles. The van der Waals surface area contributed by atoms with Crippen LogP contribution in [0.2, 0.25) is 0 Å². The van der Waals surface area contributed by atoms with Crippen molar-refractivity contribution < 1.29 is 9.53 Å². The molecule has 0 saturated carbocycles. The lowest BCUT2D eigenvalue weighted by Crippen LogP contribution is -2.32. The fraction of sp³-hybridized carbons (Fsp3) is 0.429. The summed E-state index contributed by atoms with van der Waals surface area (Å²) < 4.78 is 7.30. The summed E-state index contributed by atoms with van der Waals surface area (Å²) in [6, 6.07) is 10.3. The van der Waals surface area contributed by atoms with Crippen LogP contribution in [-0.4, -0.2) is 50.5 Å². The Labute approximate surface area is 174 Å². The number of hydrogen-bond donors (Lipinski definition) is 1. The molecule has 3 heterocycles. The molecule has 7 nitrogen and oxygen atoms in total. The van der Waals surface area contributed by atoms with Gasteiger partial charge >= 0.3 is 0 Å². The Hall–Kier alpha value is -2.45. The van der Waals surface area contributed by atoms with Crippen LogP contribution >= 0.6 is 11.8 Å². The molecule has 1 fully saturated rings. The van der Waals surface area contributed by atoms with Crippen LogP contribution in [0, 0.1) is 13.8 Å². The number of carbonyl (C=O) groups is 1. The predicted octanol–water partition coefficient (Wildman–Crippen LogP) is 2.72. The molecule has 1 aliphatic rings. The fourth-order valence-electron chi connectivity index (χ4n) is 3.52. The highest BCUT2D eigenvalue weighted by atomic mass is 32.2. The Morgan fingerprint density at radius 2 is 2.10 bits per heavy atom. The molecule has 4 rings (SSSR count). The van der Waals surface area contributed by atoms with E-state index < -0.39 is 0 Å². The van der Waals surface area contributed by atoms with E-state index in [0.717, 1.165) is 42.8 Å². The van der Waals surface area contributed by atoms with Crippen LogP contribution in [0.5, 0.6) is 0 Å². The summed E-state index contributed by atoms with van der Waals surface area (Å²) in [5.74, 6) is 0.812. The summed E-state index contributed by atoms with van der Waals surface area (Å²) >= 11 is 1.33. The topological polar surface area (TPSA) is 81.4 Å². The highest BCUT2D eigenvalue weighted by Gasteiger charge is 2.17. The van der Waals surface area contributed by atoms with Gasteiger partial charge in [0.2, 0.25) is 11.1 Å². The van der Waals surface area contributed by atoms with E-state index in [0.29, 0.717) is 17.5 Å². The van der Waals surface area contributed by atoms with E-state index in [1.165, 1.54) is 17.3 Å². The van der Waals surface area contributed by atoms with Crippen molar-refractivity contribution >= 4 is 23.4 Å². The first-order valence-corrected chi connectivity index (χ1v) is 10.9. The summed E-state index contributed by atoms with van der Waals surface area (Å²) in [6.07, 6.45) is 3.03. The van der Waals surface area contributed by atoms with E-state index >= 15 is 0 Å². The van der Waals surface area contributed by atoms with Gasteiger partial charge < -0.3 is 10.1 Å². The van der Waals surface area contributed by atoms with Crippen LogP contribution in [0.3, 0.4) is 0 Å². The molecule has 1 atom stereocenters. The number of fused-ring (bicyclic) bond motifs is 1. The standard InChI is InChI=1S/C21H25N5O2S/c1-14-18(11-16-7-4-3-5-8-16)15(2)26-20(23-14)24-21(25-26)29-13-19(27)22-12-17-9-6-10-28-17/h3-5,7-8,17H,6,9-13H2,1-2H3,(H,22,27)/t17-/m1/s1. The number of rotatable bonds is 7. The first kappa shape index (κ1) is 19.8. The number of ether oxygens (including phenoxy) is 1. The average Bonchev–Trinajstić information content (AvgIpc) is 3.38. The Balaban J connectivity index is 1.43. The lowest BCUT2D eigenvalue weighted by Gasteiger charge is -2.10. The fourth-order valence-corrected chi connectivity index (χ4v) is 4.17. The van der Waals surface area contributed by atoms with Gasteiger partial charge in [0.15, 0.2) is 0 Å². The van der Waals surface area contributed by atoms with Crippen molar-refractivity contribution in [1.29, 1.82) is 0 Å². The Morgan fingerprint density at radius 3 is 2.86 bits per heavy atom. The van der Waals surface area contributed by atoms with E-state index in [4.69, 9.17) is 4.74 Å². The summed E-state index contributed by atoms with van der Waals surface area (Å²) in [5, 5.41) is 8.05. The Kier molecular flexibility index (Phi) is 6.10. The Bertz CT molecular complexity index is 999. The number of nitrogens with one attached hydrogen (secondary N) is 1. The van der Waals surface area contributed by atoms with Crippen molar-refractivity contribution in [3.63, 3.8) is 0 Å². The van der Waals surface area contributed by atoms with Crippen LogP contribution in [0.25, 0.3) is 5.78 Å². The molecule has 0 radical (unpaired) electrons. The second-order valence-corrected chi connectivity index (χ2v) is 8.20. The molecule has 0 bridgehead atoms. The maximum Gasteiger partial charge on any atom is 0.253 e. The van der Waals surface area contributed by atoms with Crippen LogP contribution in [-0.2, 0) is 16.0 Å². The molecule has 8 heteroatoms. The van der Waals surface area contributed by atoms with Gasteiger partial charge in [0.25, 0.3) is 5.78 Å². The number of hydrogen-bond acceptors (Lipinski definition) is 6. The van der Waals surface area contributed by atoms with Crippen molar-refractivity contribution in [3.05, 3.63) is 52.8 Å². The van der Waals surface area contributed by atoms with E-state index in [9.17, 15) is 4.79 Å². The maximum absolute atomic E-state index is 12.1. The molecule has 1 N–H and O–H groups in total. The number of thioether (sulfide) groups is 1. The third-order valence-electron chi connectivity index (χ3n) is 5.14. The maximum atomic E-state index is 12.1. The smallest absolute Gasteiger partial charge is 0.253 e. The highest BCUT2D eigenvalue weighted by Crippen LogP contribution is 2.20. The zero-order valence-electron chi connectivity index (χ0n) is 16.7. The molecule has 1 aromatic carbocycles. The van der Waals surface area contributed by atoms with Crippen molar-refractivity contribution in [2.45, 2.75) is 44.4 Å². The molecule has 0 unspecified atom stereocenters. The van der Waals surface area contributed by atoms with E-state index in [1.807, 2.05) is 32.0 Å². The number of benzene rings is 1. The van der Waals surface area contributed by atoms with Gasteiger partial charge in [-0.15, -0.1) is 5.10 Å². The second-order valence-electron chi connectivity index (χ2n) is 7.26. The minimum absolute atomic E-state index is 0.0324. The lowest BCUT2D eigenvalue weighted by molar-refractivity contribution is -0.119. The third-order valence-corrected chi connectivity index (χ3v) is 5.97. The molecule has 29 heavy (non-hydrogen) atoms. The first-order chi connectivity index (χ1) is 14.1. The minimum atomic E-state index is -0.0324. The second kappa shape index (κ2) is 8.92. The number of aromatic nitrogens is 4.